The Bertz CT molecular complexity index is 793. The van der Waals surface area contributed by atoms with Crippen LogP contribution in [0.25, 0.3) is 10.7 Å². The van der Waals surface area contributed by atoms with Crippen LogP contribution in [0.1, 0.15) is 18.4 Å². The van der Waals surface area contributed by atoms with Gasteiger partial charge < -0.3 is 5.32 Å². The van der Waals surface area contributed by atoms with Gasteiger partial charge in [0.05, 0.1) is 0 Å². The van der Waals surface area contributed by atoms with Crippen LogP contribution in [-0.2, 0) is 6.54 Å². The van der Waals surface area contributed by atoms with Gasteiger partial charge >= 0.3 is 0 Å². The Kier molecular flexibility index (Phi) is 9.98. The van der Waals surface area contributed by atoms with Crippen molar-refractivity contribution in [3.8, 4) is 10.7 Å². The lowest BCUT2D eigenvalue weighted by Gasteiger charge is -2.14. The summed E-state index contributed by atoms with van der Waals surface area (Å²) in [5.41, 5.74) is 2.13. The van der Waals surface area contributed by atoms with Gasteiger partial charge in [0, 0.05) is 24.3 Å². The van der Waals surface area contributed by atoms with E-state index in [2.05, 4.69) is 31.2 Å². The molecule has 0 spiro atoms. The van der Waals surface area contributed by atoms with Crippen LogP contribution >= 0.6 is 48.6 Å². The van der Waals surface area contributed by atoms with E-state index in [9.17, 15) is 0 Å². The third-order valence-corrected chi connectivity index (χ3v) is 4.88. The van der Waals surface area contributed by atoms with E-state index in [1.54, 1.807) is 17.5 Å². The Morgan fingerprint density at radius 1 is 0.963 bits per heavy atom. The van der Waals surface area contributed by atoms with Gasteiger partial charge in [0.2, 0.25) is 0 Å². The summed E-state index contributed by atoms with van der Waals surface area (Å²) in [5.74, 6) is 1.59. The lowest BCUT2D eigenvalue weighted by atomic mass is 10.2. The van der Waals surface area contributed by atoms with Gasteiger partial charge in [-0.3, -0.25) is 4.90 Å². The molecule has 1 N–H and O–H groups in total. The van der Waals surface area contributed by atoms with Gasteiger partial charge in [-0.05, 0) is 49.7 Å². The van der Waals surface area contributed by atoms with Crippen molar-refractivity contribution in [2.45, 2.75) is 19.4 Å². The van der Waals surface area contributed by atoms with E-state index in [1.807, 2.05) is 35.8 Å². The second-order valence-corrected chi connectivity index (χ2v) is 6.80. The molecule has 1 saturated heterocycles. The second kappa shape index (κ2) is 11.4. The Morgan fingerprint density at radius 2 is 1.78 bits per heavy atom. The summed E-state index contributed by atoms with van der Waals surface area (Å²) in [4.78, 5) is 15.9. The largest absolute Gasteiger partial charge is 0.325 e. The van der Waals surface area contributed by atoms with Crippen LogP contribution in [-0.4, -0.2) is 32.9 Å². The lowest BCUT2D eigenvalue weighted by Crippen LogP contribution is -2.18. The number of nitrogens with zero attached hydrogens (tertiary/aromatic N) is 4. The molecule has 0 saturated carbocycles. The molecule has 0 aromatic carbocycles. The summed E-state index contributed by atoms with van der Waals surface area (Å²) < 4.78 is 0. The molecule has 5 nitrogen and oxygen atoms in total. The number of anilines is 2. The van der Waals surface area contributed by atoms with Crippen molar-refractivity contribution < 1.29 is 0 Å². The van der Waals surface area contributed by atoms with Crippen molar-refractivity contribution in [3.63, 3.8) is 0 Å². The van der Waals surface area contributed by atoms with Crippen LogP contribution in [0.5, 0.6) is 0 Å². The van der Waals surface area contributed by atoms with Crippen molar-refractivity contribution in [2.24, 2.45) is 0 Å². The average Bonchev–Trinajstić information content (AvgIpc) is 3.30. The molecule has 0 aliphatic carbocycles. The molecule has 0 atom stereocenters. The van der Waals surface area contributed by atoms with Gasteiger partial charge in [-0.1, -0.05) is 12.1 Å². The molecule has 9 heteroatoms. The first-order valence-corrected chi connectivity index (χ1v) is 9.06. The van der Waals surface area contributed by atoms with E-state index >= 15 is 0 Å². The molecule has 3 aromatic rings. The highest BCUT2D eigenvalue weighted by atomic mass is 35.5. The molecule has 0 radical (unpaired) electrons. The van der Waals surface area contributed by atoms with Crippen molar-refractivity contribution in [1.82, 2.24) is 19.9 Å². The van der Waals surface area contributed by atoms with E-state index in [0.717, 1.165) is 28.9 Å². The number of thiazole rings is 1. The number of likely N-dealkylation sites (tertiary alicyclic amines) is 1. The first-order chi connectivity index (χ1) is 11.9. The fourth-order valence-corrected chi connectivity index (χ4v) is 3.50. The smallest absolute Gasteiger partial charge is 0.141 e. The number of aromatic nitrogens is 3. The molecule has 1 aliphatic rings. The summed E-state index contributed by atoms with van der Waals surface area (Å²) in [6, 6.07) is 10.0. The monoisotopic (exact) mass is 445 g/mol. The van der Waals surface area contributed by atoms with E-state index in [4.69, 9.17) is 0 Å². The highest BCUT2D eigenvalue weighted by Gasteiger charge is 2.11. The van der Waals surface area contributed by atoms with E-state index in [-0.39, 0.29) is 37.2 Å². The minimum Gasteiger partial charge on any atom is -0.325 e. The molecule has 3 aromatic heterocycles. The average molecular weight is 447 g/mol. The summed E-state index contributed by atoms with van der Waals surface area (Å²) in [7, 11) is 0. The molecular formula is C18H22Cl3N5S. The minimum atomic E-state index is 0. The zero-order valence-electron chi connectivity index (χ0n) is 14.6. The molecule has 1 fully saturated rings. The van der Waals surface area contributed by atoms with Crippen LogP contribution in [0, 0.1) is 0 Å². The van der Waals surface area contributed by atoms with Crippen LogP contribution in [0.4, 0.5) is 11.6 Å². The standard InChI is InChI=1S/C18H19N5S.3ClH/c1-2-10-23(9-1)13-14-6-7-16(20-12-14)22-17-5-3-4-15(21-17)18-19-8-11-24-18;;;/h3-8,11-12H,1-2,9-10,13H2,(H,20,21,22);3*1H. The Labute approximate surface area is 181 Å². The van der Waals surface area contributed by atoms with Crippen molar-refractivity contribution in [3.05, 3.63) is 53.7 Å². The maximum Gasteiger partial charge on any atom is 0.141 e. The van der Waals surface area contributed by atoms with Crippen LogP contribution < -0.4 is 5.32 Å². The van der Waals surface area contributed by atoms with Crippen LogP contribution in [0.2, 0.25) is 0 Å². The molecule has 4 rings (SSSR count). The molecule has 27 heavy (non-hydrogen) atoms. The van der Waals surface area contributed by atoms with Crippen LogP contribution in [0.15, 0.2) is 48.1 Å². The van der Waals surface area contributed by atoms with Crippen molar-refractivity contribution in [2.75, 3.05) is 18.4 Å². The number of nitrogens with one attached hydrogen (secondary N) is 1. The minimum absolute atomic E-state index is 0. The first-order valence-electron chi connectivity index (χ1n) is 8.18. The second-order valence-electron chi connectivity index (χ2n) is 5.91. The summed E-state index contributed by atoms with van der Waals surface area (Å²) in [6.45, 7) is 3.39. The fourth-order valence-electron chi connectivity index (χ4n) is 2.90. The zero-order chi connectivity index (χ0) is 16.2. The third-order valence-electron chi connectivity index (χ3n) is 4.09. The predicted molar refractivity (Wildman–Crippen MR) is 119 cm³/mol. The number of halogens is 3. The number of hydrogen-bond donors (Lipinski definition) is 1. The maximum absolute atomic E-state index is 4.60. The molecule has 1 aliphatic heterocycles. The SMILES string of the molecule is Cl.Cl.Cl.c1cc(Nc2ccc(CN3CCCC3)cn2)nc(-c2nccs2)c1. The van der Waals surface area contributed by atoms with E-state index in [0.29, 0.717) is 0 Å². The third kappa shape index (κ3) is 6.30. The fraction of sp³-hybridized carbons (Fsp3) is 0.278. The molecule has 0 amide bonds. The highest BCUT2D eigenvalue weighted by molar-refractivity contribution is 7.13. The van der Waals surface area contributed by atoms with Gasteiger partial charge in [-0.15, -0.1) is 48.6 Å². The Morgan fingerprint density at radius 3 is 2.44 bits per heavy atom. The molecule has 0 unspecified atom stereocenters. The van der Waals surface area contributed by atoms with Gasteiger partial charge in [-0.2, -0.15) is 0 Å². The summed E-state index contributed by atoms with van der Waals surface area (Å²) in [6.07, 6.45) is 6.37. The molecule has 0 bridgehead atoms. The molecular weight excluding hydrogens is 425 g/mol. The number of rotatable bonds is 5. The maximum atomic E-state index is 4.60. The lowest BCUT2D eigenvalue weighted by molar-refractivity contribution is 0.331. The Hall–Kier alpha value is -1.44. The van der Waals surface area contributed by atoms with Crippen molar-refractivity contribution in [1.29, 1.82) is 0 Å². The predicted octanol–water partition coefficient (Wildman–Crippen LogP) is 5.20. The van der Waals surface area contributed by atoms with Gasteiger partial charge in [0.1, 0.15) is 22.3 Å². The van der Waals surface area contributed by atoms with Gasteiger partial charge in [-0.25, -0.2) is 15.0 Å². The Balaban J connectivity index is 0.00000121. The quantitative estimate of drug-likeness (QED) is 0.583. The van der Waals surface area contributed by atoms with Gasteiger partial charge in [0.15, 0.2) is 0 Å². The number of pyridine rings is 2. The molecule has 146 valence electrons. The normalized spacial score (nSPS) is 13.2. The molecule has 4 heterocycles. The van der Waals surface area contributed by atoms with E-state index in [1.165, 1.54) is 31.5 Å². The summed E-state index contributed by atoms with van der Waals surface area (Å²) in [5, 5.41) is 6.15. The highest BCUT2D eigenvalue weighted by Crippen LogP contribution is 2.22. The van der Waals surface area contributed by atoms with Crippen molar-refractivity contribution >= 4 is 60.2 Å². The van der Waals surface area contributed by atoms with E-state index < -0.39 is 0 Å². The van der Waals surface area contributed by atoms with Crippen LogP contribution in [0.3, 0.4) is 0 Å². The zero-order valence-corrected chi connectivity index (χ0v) is 17.8. The first kappa shape index (κ1) is 23.6. The topological polar surface area (TPSA) is 53.9 Å². The van der Waals surface area contributed by atoms with Gasteiger partial charge in [0.25, 0.3) is 0 Å². The number of hydrogen-bond acceptors (Lipinski definition) is 6. The summed E-state index contributed by atoms with van der Waals surface area (Å²) >= 11 is 1.59.